The predicted octanol–water partition coefficient (Wildman–Crippen LogP) is 3.23. The van der Waals surface area contributed by atoms with E-state index in [1.807, 2.05) is 0 Å². The zero-order valence-corrected chi connectivity index (χ0v) is 8.65. The lowest BCUT2D eigenvalue weighted by Crippen LogP contribution is -2.04. The lowest BCUT2D eigenvalue weighted by atomic mass is 10.3. The van der Waals surface area contributed by atoms with Crippen molar-refractivity contribution >= 4 is 27.5 Å². The van der Waals surface area contributed by atoms with Gasteiger partial charge in [0.15, 0.2) is 0 Å². The molecule has 6 heteroatoms. The van der Waals surface area contributed by atoms with Crippen LogP contribution in [0.5, 0.6) is 5.75 Å². The minimum atomic E-state index is -2.85. The van der Waals surface area contributed by atoms with E-state index in [2.05, 4.69) is 25.7 Å². The first kappa shape index (κ1) is 10.7. The second kappa shape index (κ2) is 4.72. The highest BCUT2D eigenvalue weighted by Crippen LogP contribution is 2.24. The maximum Gasteiger partial charge on any atom is 0.387 e. The van der Waals surface area contributed by atoms with Gasteiger partial charge in [0, 0.05) is 10.9 Å². The summed E-state index contributed by atoms with van der Waals surface area (Å²) < 4.78 is 27.9. The molecule has 1 aromatic heterocycles. The molecule has 0 radical (unpaired) electrons. The molecule has 0 aliphatic carbocycles. The summed E-state index contributed by atoms with van der Waals surface area (Å²) >= 11 is 8.68. The van der Waals surface area contributed by atoms with Gasteiger partial charge < -0.3 is 4.74 Å². The van der Waals surface area contributed by atoms with Crippen molar-refractivity contribution in [1.29, 1.82) is 0 Å². The Bertz CT molecular complexity index is 298. The Morgan fingerprint density at radius 3 is 2.85 bits per heavy atom. The second-order valence-corrected chi connectivity index (χ2v) is 3.07. The molecule has 2 nitrogen and oxygen atoms in total. The average Bonchev–Trinajstić information content (AvgIpc) is 2.07. The highest BCUT2D eigenvalue weighted by Gasteiger charge is 2.09. The third kappa shape index (κ3) is 3.08. The van der Waals surface area contributed by atoms with Crippen LogP contribution >= 0.6 is 27.5 Å². The van der Waals surface area contributed by atoms with Gasteiger partial charge >= 0.3 is 6.61 Å². The molecular weight excluding hydrogens is 267 g/mol. The van der Waals surface area contributed by atoms with Crippen LogP contribution in [0.15, 0.2) is 12.3 Å². The van der Waals surface area contributed by atoms with Crippen LogP contribution in [-0.2, 0) is 5.33 Å². The van der Waals surface area contributed by atoms with Crippen molar-refractivity contribution in [3.8, 4) is 5.75 Å². The molecule has 13 heavy (non-hydrogen) atoms. The van der Waals surface area contributed by atoms with Gasteiger partial charge in [0.25, 0.3) is 0 Å². The summed E-state index contributed by atoms with van der Waals surface area (Å²) in [6, 6.07) is 1.47. The third-order valence-corrected chi connectivity index (χ3v) is 2.09. The number of rotatable bonds is 3. The first-order valence-corrected chi connectivity index (χ1v) is 4.78. The smallest absolute Gasteiger partial charge is 0.387 e. The molecule has 0 saturated carbocycles. The number of ether oxygens (including phenoxy) is 1. The summed E-state index contributed by atoms with van der Waals surface area (Å²) in [5, 5.41) is 0.633. The summed E-state index contributed by atoms with van der Waals surface area (Å²) in [5.74, 6) is 0.0382. The van der Waals surface area contributed by atoms with Crippen LogP contribution in [0, 0.1) is 0 Å². The van der Waals surface area contributed by atoms with Gasteiger partial charge in [-0.3, -0.25) is 0 Å². The molecule has 0 aliphatic rings. The molecule has 0 N–H and O–H groups in total. The molecule has 1 heterocycles. The van der Waals surface area contributed by atoms with E-state index < -0.39 is 6.61 Å². The van der Waals surface area contributed by atoms with Crippen LogP contribution in [0.4, 0.5) is 8.78 Å². The van der Waals surface area contributed by atoms with Crippen LogP contribution in [0.25, 0.3) is 0 Å². The van der Waals surface area contributed by atoms with E-state index in [9.17, 15) is 8.78 Å². The molecule has 0 bridgehead atoms. The van der Waals surface area contributed by atoms with Crippen LogP contribution in [0.1, 0.15) is 5.56 Å². The summed E-state index contributed by atoms with van der Waals surface area (Å²) in [6.45, 7) is -2.85. The molecule has 0 unspecified atom stereocenters. The van der Waals surface area contributed by atoms with Crippen molar-refractivity contribution in [3.63, 3.8) is 0 Å². The second-order valence-electron chi connectivity index (χ2n) is 2.13. The Morgan fingerprint density at radius 1 is 1.62 bits per heavy atom. The Balaban J connectivity index is 2.92. The van der Waals surface area contributed by atoms with Crippen LogP contribution in [-0.4, -0.2) is 11.6 Å². The van der Waals surface area contributed by atoms with Gasteiger partial charge in [-0.15, -0.1) is 0 Å². The topological polar surface area (TPSA) is 22.1 Å². The van der Waals surface area contributed by atoms with E-state index in [1.54, 1.807) is 0 Å². The van der Waals surface area contributed by atoms with Crippen LogP contribution < -0.4 is 4.74 Å². The van der Waals surface area contributed by atoms with E-state index in [0.717, 1.165) is 0 Å². The average molecular weight is 272 g/mol. The molecule has 0 fully saturated rings. The van der Waals surface area contributed by atoms with Crippen LogP contribution in [0.3, 0.4) is 0 Å². The number of alkyl halides is 3. The summed E-state index contributed by atoms with van der Waals surface area (Å²) in [5.41, 5.74) is 0.542. The van der Waals surface area contributed by atoms with E-state index >= 15 is 0 Å². The van der Waals surface area contributed by atoms with Gasteiger partial charge in [-0.25, -0.2) is 4.98 Å². The molecule has 0 saturated heterocycles. The number of pyridine rings is 1. The van der Waals surface area contributed by atoms with E-state index in [-0.39, 0.29) is 10.9 Å². The molecule has 0 amide bonds. The Kier molecular flexibility index (Phi) is 3.87. The minimum Gasteiger partial charge on any atom is -0.433 e. The fourth-order valence-electron chi connectivity index (χ4n) is 0.762. The van der Waals surface area contributed by atoms with E-state index in [0.29, 0.717) is 10.9 Å². The van der Waals surface area contributed by atoms with Gasteiger partial charge in [0.2, 0.25) is 0 Å². The minimum absolute atomic E-state index is 0.0382. The van der Waals surface area contributed by atoms with Gasteiger partial charge in [-0.05, 0) is 6.07 Å². The standard InChI is InChI=1S/C7H5BrClF2NO/c8-2-4-1-6(9)12-3-5(4)13-7(10)11/h1,3,7H,2H2. The van der Waals surface area contributed by atoms with Crippen LogP contribution in [0.2, 0.25) is 5.15 Å². The molecule has 0 atom stereocenters. The first-order valence-electron chi connectivity index (χ1n) is 3.28. The molecule has 1 rings (SSSR count). The Hall–Kier alpha value is -0.420. The zero-order chi connectivity index (χ0) is 9.84. The van der Waals surface area contributed by atoms with E-state index in [1.165, 1.54) is 12.3 Å². The fraction of sp³-hybridized carbons (Fsp3) is 0.286. The lowest BCUT2D eigenvalue weighted by molar-refractivity contribution is -0.0505. The maximum absolute atomic E-state index is 11.8. The predicted molar refractivity (Wildman–Crippen MR) is 48.5 cm³/mol. The fourth-order valence-corrected chi connectivity index (χ4v) is 1.38. The van der Waals surface area contributed by atoms with Crippen molar-refractivity contribution in [3.05, 3.63) is 23.0 Å². The summed E-state index contributed by atoms with van der Waals surface area (Å²) in [7, 11) is 0. The third-order valence-electron chi connectivity index (χ3n) is 1.27. The number of halogens is 4. The highest BCUT2D eigenvalue weighted by atomic mass is 79.9. The number of nitrogens with zero attached hydrogens (tertiary/aromatic N) is 1. The van der Waals surface area contributed by atoms with Gasteiger partial charge in [-0.2, -0.15) is 8.78 Å². The highest BCUT2D eigenvalue weighted by molar-refractivity contribution is 9.08. The normalized spacial score (nSPS) is 10.5. The van der Waals surface area contributed by atoms with Gasteiger partial charge in [0.1, 0.15) is 10.9 Å². The summed E-state index contributed by atoms with van der Waals surface area (Å²) in [6.07, 6.45) is 1.17. The first-order chi connectivity index (χ1) is 6.13. The number of hydrogen-bond acceptors (Lipinski definition) is 2. The largest absolute Gasteiger partial charge is 0.433 e. The number of hydrogen-bond donors (Lipinski definition) is 0. The summed E-state index contributed by atoms with van der Waals surface area (Å²) in [4.78, 5) is 3.63. The van der Waals surface area contributed by atoms with Gasteiger partial charge in [-0.1, -0.05) is 27.5 Å². The monoisotopic (exact) mass is 271 g/mol. The number of aromatic nitrogens is 1. The molecular formula is C7H5BrClF2NO. The maximum atomic E-state index is 11.8. The Morgan fingerprint density at radius 2 is 2.31 bits per heavy atom. The quantitative estimate of drug-likeness (QED) is 0.622. The zero-order valence-electron chi connectivity index (χ0n) is 6.31. The van der Waals surface area contributed by atoms with Gasteiger partial charge in [0.05, 0.1) is 6.20 Å². The molecule has 0 spiro atoms. The Labute approximate surface area is 87.0 Å². The molecule has 1 aromatic rings. The van der Waals surface area contributed by atoms with Crippen molar-refractivity contribution in [2.45, 2.75) is 11.9 Å². The molecule has 0 aliphatic heterocycles. The van der Waals surface area contributed by atoms with Crippen molar-refractivity contribution < 1.29 is 13.5 Å². The lowest BCUT2D eigenvalue weighted by Gasteiger charge is -2.07. The van der Waals surface area contributed by atoms with Crippen molar-refractivity contribution in [2.24, 2.45) is 0 Å². The van der Waals surface area contributed by atoms with E-state index in [4.69, 9.17) is 11.6 Å². The SMILES string of the molecule is FC(F)Oc1cnc(Cl)cc1CBr. The van der Waals surface area contributed by atoms with Crippen molar-refractivity contribution in [1.82, 2.24) is 4.98 Å². The molecule has 72 valence electrons. The van der Waals surface area contributed by atoms with Crippen molar-refractivity contribution in [2.75, 3.05) is 0 Å². The molecule has 0 aromatic carbocycles.